The Kier molecular flexibility index (Phi) is 4.22. The normalized spacial score (nSPS) is 21.3. The molecule has 142 valence electrons. The third-order valence-electron chi connectivity index (χ3n) is 5.42. The van der Waals surface area contributed by atoms with Crippen LogP contribution in [0.1, 0.15) is 38.7 Å². The van der Waals surface area contributed by atoms with Gasteiger partial charge in [-0.2, -0.15) is 0 Å². The van der Waals surface area contributed by atoms with E-state index in [4.69, 9.17) is 0 Å². The van der Waals surface area contributed by atoms with Crippen LogP contribution >= 0.6 is 0 Å². The summed E-state index contributed by atoms with van der Waals surface area (Å²) in [7, 11) is 3.12. The van der Waals surface area contributed by atoms with Crippen LogP contribution in [-0.4, -0.2) is 47.5 Å². The molecule has 2 aliphatic rings. The van der Waals surface area contributed by atoms with E-state index in [1.54, 1.807) is 18.0 Å². The van der Waals surface area contributed by atoms with Crippen molar-refractivity contribution in [2.75, 3.05) is 19.4 Å². The van der Waals surface area contributed by atoms with Crippen LogP contribution in [0.15, 0.2) is 48.5 Å². The summed E-state index contributed by atoms with van der Waals surface area (Å²) in [6.07, 6.45) is 0.118. The fourth-order valence-electron chi connectivity index (χ4n) is 3.88. The van der Waals surface area contributed by atoms with E-state index in [1.165, 1.54) is 19.2 Å². The molecule has 1 fully saturated rings. The molecule has 2 unspecified atom stereocenters. The fourth-order valence-corrected chi connectivity index (χ4v) is 3.88. The van der Waals surface area contributed by atoms with Crippen LogP contribution in [-0.2, 0) is 9.59 Å². The summed E-state index contributed by atoms with van der Waals surface area (Å²) >= 11 is 0. The average Bonchev–Trinajstić information content (AvgIpc) is 3.11. The van der Waals surface area contributed by atoms with Gasteiger partial charge in [0.15, 0.2) is 0 Å². The number of nitrogens with one attached hydrogen (secondary N) is 1. The maximum Gasteiger partial charge on any atom is 0.261 e. The first-order valence-corrected chi connectivity index (χ1v) is 8.96. The maximum absolute atomic E-state index is 12.9. The molecule has 4 rings (SSSR count). The molecule has 0 saturated carbocycles. The summed E-state index contributed by atoms with van der Waals surface area (Å²) in [5.74, 6) is -1.69. The lowest BCUT2D eigenvalue weighted by atomic mass is 9.93. The van der Waals surface area contributed by atoms with Gasteiger partial charge in [-0.05, 0) is 23.8 Å². The van der Waals surface area contributed by atoms with Gasteiger partial charge in [-0.1, -0.05) is 30.3 Å². The molecule has 2 aromatic carbocycles. The van der Waals surface area contributed by atoms with Crippen LogP contribution in [0, 0.1) is 5.92 Å². The highest BCUT2D eigenvalue weighted by Gasteiger charge is 2.42. The third kappa shape index (κ3) is 2.76. The Labute approximate surface area is 161 Å². The van der Waals surface area contributed by atoms with Crippen molar-refractivity contribution in [1.29, 1.82) is 0 Å². The first-order chi connectivity index (χ1) is 13.4. The predicted molar refractivity (Wildman–Crippen MR) is 102 cm³/mol. The lowest BCUT2D eigenvalue weighted by molar-refractivity contribution is -0.128. The topological polar surface area (TPSA) is 86.8 Å². The number of amides is 4. The number of hydrogen-bond donors (Lipinski definition) is 1. The molecular formula is C21H19N3O4. The third-order valence-corrected chi connectivity index (χ3v) is 5.42. The van der Waals surface area contributed by atoms with Crippen molar-refractivity contribution < 1.29 is 19.2 Å². The van der Waals surface area contributed by atoms with Gasteiger partial charge in [0.2, 0.25) is 11.8 Å². The van der Waals surface area contributed by atoms with Gasteiger partial charge in [-0.15, -0.1) is 0 Å². The monoisotopic (exact) mass is 377 g/mol. The number of hydrogen-bond acceptors (Lipinski definition) is 4. The van der Waals surface area contributed by atoms with E-state index in [0.717, 1.165) is 10.5 Å². The summed E-state index contributed by atoms with van der Waals surface area (Å²) in [6, 6.07) is 13.7. The Balaban J connectivity index is 1.59. The highest BCUT2D eigenvalue weighted by molar-refractivity contribution is 6.21. The van der Waals surface area contributed by atoms with Gasteiger partial charge < -0.3 is 10.2 Å². The molecule has 0 aliphatic carbocycles. The van der Waals surface area contributed by atoms with E-state index in [0.29, 0.717) is 11.3 Å². The minimum absolute atomic E-state index is 0.0923. The number of likely N-dealkylation sites (tertiary alicyclic amines) is 1. The lowest BCUT2D eigenvalue weighted by Crippen LogP contribution is -2.30. The van der Waals surface area contributed by atoms with Crippen molar-refractivity contribution in [1.82, 2.24) is 9.80 Å². The minimum Gasteiger partial charge on any atom is -0.338 e. The SMILES string of the molecule is CN1C(=O)c2ccc(NC(=O)C3CC(=O)N(C)C3c3ccccc3)cc2C1=O. The second-order valence-electron chi connectivity index (χ2n) is 7.09. The molecule has 7 nitrogen and oxygen atoms in total. The number of carbonyl (C=O) groups excluding carboxylic acids is 4. The van der Waals surface area contributed by atoms with E-state index in [9.17, 15) is 19.2 Å². The zero-order chi connectivity index (χ0) is 20.0. The molecule has 2 heterocycles. The van der Waals surface area contributed by atoms with Gasteiger partial charge in [0.05, 0.1) is 23.1 Å². The van der Waals surface area contributed by atoms with E-state index < -0.39 is 11.8 Å². The number of carbonyl (C=O) groups is 4. The molecule has 28 heavy (non-hydrogen) atoms. The van der Waals surface area contributed by atoms with E-state index >= 15 is 0 Å². The molecule has 2 atom stereocenters. The second-order valence-corrected chi connectivity index (χ2v) is 7.09. The van der Waals surface area contributed by atoms with Gasteiger partial charge in [0.1, 0.15) is 0 Å². The molecule has 0 aromatic heterocycles. The number of nitrogens with zero attached hydrogens (tertiary/aromatic N) is 2. The molecule has 2 aromatic rings. The number of rotatable bonds is 3. The van der Waals surface area contributed by atoms with Crippen molar-refractivity contribution in [3.63, 3.8) is 0 Å². The lowest BCUT2D eigenvalue weighted by Gasteiger charge is -2.25. The largest absolute Gasteiger partial charge is 0.338 e. The number of anilines is 1. The quantitative estimate of drug-likeness (QED) is 0.830. The average molecular weight is 377 g/mol. The Hall–Kier alpha value is -3.48. The highest BCUT2D eigenvalue weighted by Crippen LogP contribution is 2.37. The number of imide groups is 1. The standard InChI is InChI=1S/C21H19N3O4/c1-23-17(25)11-16(18(23)12-6-4-3-5-7-12)19(26)22-13-8-9-14-15(10-13)21(28)24(2)20(14)27/h3-10,16,18H,11H2,1-2H3,(H,22,26). The Morgan fingerprint density at radius 3 is 2.36 bits per heavy atom. The summed E-state index contributed by atoms with van der Waals surface area (Å²) < 4.78 is 0. The van der Waals surface area contributed by atoms with Gasteiger partial charge in [-0.25, -0.2) is 0 Å². The molecular weight excluding hydrogens is 358 g/mol. The number of fused-ring (bicyclic) bond motifs is 1. The van der Waals surface area contributed by atoms with Crippen molar-refractivity contribution in [2.24, 2.45) is 5.92 Å². The first kappa shape index (κ1) is 17.9. The van der Waals surface area contributed by atoms with Crippen LogP contribution in [0.4, 0.5) is 5.69 Å². The van der Waals surface area contributed by atoms with Crippen LogP contribution in [0.2, 0.25) is 0 Å². The maximum atomic E-state index is 12.9. The van der Waals surface area contributed by atoms with E-state index in [2.05, 4.69) is 5.32 Å². The number of benzene rings is 2. The summed E-state index contributed by atoms with van der Waals surface area (Å²) in [5.41, 5.74) is 1.91. The molecule has 0 radical (unpaired) electrons. The molecule has 0 spiro atoms. The molecule has 7 heteroatoms. The molecule has 4 amide bonds. The Morgan fingerprint density at radius 1 is 0.964 bits per heavy atom. The fraction of sp³-hybridized carbons (Fsp3) is 0.238. The zero-order valence-electron chi connectivity index (χ0n) is 15.5. The Bertz CT molecular complexity index is 1000. The van der Waals surface area contributed by atoms with E-state index in [1.807, 2.05) is 30.3 Å². The first-order valence-electron chi connectivity index (χ1n) is 8.96. The molecule has 1 saturated heterocycles. The second kappa shape index (κ2) is 6.60. The minimum atomic E-state index is -0.548. The van der Waals surface area contributed by atoms with Crippen LogP contribution in [0.5, 0.6) is 0 Å². The van der Waals surface area contributed by atoms with Crippen LogP contribution < -0.4 is 5.32 Å². The van der Waals surface area contributed by atoms with Gasteiger partial charge in [0, 0.05) is 26.2 Å². The van der Waals surface area contributed by atoms with E-state index in [-0.39, 0.29) is 35.7 Å². The summed E-state index contributed by atoms with van der Waals surface area (Å²) in [4.78, 5) is 52.0. The zero-order valence-corrected chi connectivity index (χ0v) is 15.5. The van der Waals surface area contributed by atoms with Crippen molar-refractivity contribution in [3.8, 4) is 0 Å². The smallest absolute Gasteiger partial charge is 0.261 e. The van der Waals surface area contributed by atoms with Crippen molar-refractivity contribution >= 4 is 29.3 Å². The van der Waals surface area contributed by atoms with Crippen molar-refractivity contribution in [3.05, 3.63) is 65.2 Å². The van der Waals surface area contributed by atoms with Crippen molar-refractivity contribution in [2.45, 2.75) is 12.5 Å². The van der Waals surface area contributed by atoms with Gasteiger partial charge >= 0.3 is 0 Å². The molecule has 2 aliphatic heterocycles. The van der Waals surface area contributed by atoms with Crippen LogP contribution in [0.25, 0.3) is 0 Å². The van der Waals surface area contributed by atoms with Crippen LogP contribution in [0.3, 0.4) is 0 Å². The van der Waals surface area contributed by atoms with Gasteiger partial charge in [-0.3, -0.25) is 24.1 Å². The van der Waals surface area contributed by atoms with Gasteiger partial charge in [0.25, 0.3) is 11.8 Å². The predicted octanol–water partition coefficient (Wildman–Crippen LogP) is 2.07. The summed E-state index contributed by atoms with van der Waals surface area (Å²) in [6.45, 7) is 0. The molecule has 1 N–H and O–H groups in total. The molecule has 0 bridgehead atoms. The Morgan fingerprint density at radius 2 is 1.64 bits per heavy atom. The summed E-state index contributed by atoms with van der Waals surface area (Å²) in [5, 5.41) is 2.80. The highest BCUT2D eigenvalue weighted by atomic mass is 16.2.